The number of likely N-dealkylation sites (tertiary alicyclic amines) is 1. The highest BCUT2D eigenvalue weighted by Gasteiger charge is 2.54. The van der Waals surface area contributed by atoms with Gasteiger partial charge in [0.1, 0.15) is 0 Å². The van der Waals surface area contributed by atoms with Crippen molar-refractivity contribution >= 4 is 23.1 Å². The summed E-state index contributed by atoms with van der Waals surface area (Å²) in [5.41, 5.74) is 5.72. The summed E-state index contributed by atoms with van der Waals surface area (Å²) in [5, 5.41) is 0. The van der Waals surface area contributed by atoms with E-state index in [2.05, 4.69) is 13.8 Å². The Kier molecular flexibility index (Phi) is 3.67. The van der Waals surface area contributed by atoms with Gasteiger partial charge >= 0.3 is 0 Å². The standard InChI is InChI=1S/C14H24N2OS/c1-3-13(4-2)7-9-16(10-8-13)12(17)14(5-6-14)11(15)18/h3-10H2,1-2H3,(H2,15,18). The van der Waals surface area contributed by atoms with Crippen molar-refractivity contribution in [1.82, 2.24) is 4.90 Å². The first-order chi connectivity index (χ1) is 8.49. The lowest BCUT2D eigenvalue weighted by Gasteiger charge is -2.42. The number of piperidine rings is 1. The number of rotatable bonds is 4. The maximum Gasteiger partial charge on any atom is 0.235 e. The van der Waals surface area contributed by atoms with Crippen LogP contribution in [-0.2, 0) is 4.79 Å². The molecular formula is C14H24N2OS. The number of nitrogens with zero attached hydrogens (tertiary/aromatic N) is 1. The van der Waals surface area contributed by atoms with Crippen LogP contribution in [0, 0.1) is 10.8 Å². The predicted octanol–water partition coefficient (Wildman–Crippen LogP) is 2.48. The number of amides is 1. The molecule has 1 heterocycles. The van der Waals surface area contributed by atoms with Gasteiger partial charge < -0.3 is 10.6 Å². The molecule has 1 saturated heterocycles. The zero-order valence-corrected chi connectivity index (χ0v) is 12.3. The average Bonchev–Trinajstić information content (AvgIpc) is 3.19. The average molecular weight is 268 g/mol. The minimum atomic E-state index is -0.465. The first kappa shape index (κ1) is 13.8. The van der Waals surface area contributed by atoms with Crippen LogP contribution in [0.1, 0.15) is 52.4 Å². The van der Waals surface area contributed by atoms with E-state index >= 15 is 0 Å². The van der Waals surface area contributed by atoms with Crippen LogP contribution in [0.2, 0.25) is 0 Å². The minimum Gasteiger partial charge on any atom is -0.392 e. The Morgan fingerprint density at radius 2 is 1.67 bits per heavy atom. The number of thiocarbonyl (C=S) groups is 1. The zero-order valence-electron chi connectivity index (χ0n) is 11.5. The van der Waals surface area contributed by atoms with Gasteiger partial charge in [-0.15, -0.1) is 0 Å². The molecule has 0 unspecified atom stereocenters. The normalized spacial score (nSPS) is 24.7. The highest BCUT2D eigenvalue weighted by Crippen LogP contribution is 2.48. The lowest BCUT2D eigenvalue weighted by atomic mass is 9.74. The molecule has 0 bridgehead atoms. The summed E-state index contributed by atoms with van der Waals surface area (Å²) in [7, 11) is 0. The summed E-state index contributed by atoms with van der Waals surface area (Å²) >= 11 is 5.06. The van der Waals surface area contributed by atoms with Crippen molar-refractivity contribution in [3.05, 3.63) is 0 Å². The molecule has 1 aliphatic heterocycles. The molecule has 1 aliphatic carbocycles. The smallest absolute Gasteiger partial charge is 0.235 e. The van der Waals surface area contributed by atoms with Crippen molar-refractivity contribution in [3.8, 4) is 0 Å². The monoisotopic (exact) mass is 268 g/mol. The van der Waals surface area contributed by atoms with Crippen molar-refractivity contribution in [2.75, 3.05) is 13.1 Å². The SMILES string of the molecule is CCC1(CC)CCN(C(=O)C2(C(N)=S)CC2)CC1. The molecule has 2 rings (SSSR count). The van der Waals surface area contributed by atoms with E-state index in [1.807, 2.05) is 4.90 Å². The van der Waals surface area contributed by atoms with E-state index in [1.54, 1.807) is 0 Å². The highest BCUT2D eigenvalue weighted by molar-refractivity contribution is 7.80. The maximum absolute atomic E-state index is 12.5. The second-order valence-corrected chi connectivity index (χ2v) is 6.39. The first-order valence-corrected chi connectivity index (χ1v) is 7.50. The fourth-order valence-electron chi connectivity index (χ4n) is 3.13. The molecule has 2 N–H and O–H groups in total. The molecule has 1 saturated carbocycles. The van der Waals surface area contributed by atoms with Gasteiger partial charge in [-0.05, 0) is 31.1 Å². The quantitative estimate of drug-likeness (QED) is 0.797. The number of nitrogens with two attached hydrogens (primary N) is 1. The molecule has 2 fully saturated rings. The van der Waals surface area contributed by atoms with Crippen LogP contribution in [-0.4, -0.2) is 28.9 Å². The zero-order chi connectivity index (χ0) is 13.4. The van der Waals surface area contributed by atoms with E-state index in [0.717, 1.165) is 38.8 Å². The third kappa shape index (κ3) is 2.15. The van der Waals surface area contributed by atoms with Crippen LogP contribution in [0.25, 0.3) is 0 Å². The molecule has 4 heteroatoms. The molecule has 2 aliphatic rings. The second kappa shape index (κ2) is 4.80. The van der Waals surface area contributed by atoms with Gasteiger partial charge in [0.15, 0.2) is 0 Å². The Morgan fingerprint density at radius 3 is 2.00 bits per heavy atom. The molecule has 102 valence electrons. The van der Waals surface area contributed by atoms with Gasteiger partial charge in [0, 0.05) is 13.1 Å². The molecule has 0 spiro atoms. The van der Waals surface area contributed by atoms with Gasteiger partial charge in [-0.1, -0.05) is 38.9 Å². The fourth-order valence-corrected chi connectivity index (χ4v) is 3.43. The molecule has 18 heavy (non-hydrogen) atoms. The number of hydrogen-bond donors (Lipinski definition) is 1. The molecule has 0 aromatic rings. The summed E-state index contributed by atoms with van der Waals surface area (Å²) in [5.74, 6) is 0.191. The molecule has 0 aromatic heterocycles. The molecule has 3 nitrogen and oxygen atoms in total. The van der Waals surface area contributed by atoms with Crippen LogP contribution in [0.15, 0.2) is 0 Å². The lowest BCUT2D eigenvalue weighted by molar-refractivity contribution is -0.137. The van der Waals surface area contributed by atoms with E-state index in [-0.39, 0.29) is 5.91 Å². The Labute approximate surface area is 115 Å². The van der Waals surface area contributed by atoms with E-state index < -0.39 is 5.41 Å². The summed E-state index contributed by atoms with van der Waals surface area (Å²) in [6, 6.07) is 0. The summed E-state index contributed by atoms with van der Waals surface area (Å²) in [4.78, 5) is 14.9. The molecule has 0 radical (unpaired) electrons. The van der Waals surface area contributed by atoms with Crippen LogP contribution in [0.4, 0.5) is 0 Å². The second-order valence-electron chi connectivity index (χ2n) is 5.95. The maximum atomic E-state index is 12.5. The summed E-state index contributed by atoms with van der Waals surface area (Å²) in [6.45, 7) is 6.28. The molecular weight excluding hydrogens is 244 g/mol. The third-order valence-electron chi connectivity index (χ3n) is 5.24. The Bertz CT molecular complexity index is 349. The Balaban J connectivity index is 1.98. The van der Waals surface area contributed by atoms with E-state index in [1.165, 1.54) is 12.8 Å². The summed E-state index contributed by atoms with van der Waals surface area (Å²) < 4.78 is 0. The topological polar surface area (TPSA) is 46.3 Å². The summed E-state index contributed by atoms with van der Waals surface area (Å²) in [6.07, 6.45) is 6.38. The van der Waals surface area contributed by atoms with E-state index in [0.29, 0.717) is 10.4 Å². The van der Waals surface area contributed by atoms with E-state index in [9.17, 15) is 4.79 Å². The number of carbonyl (C=O) groups excluding carboxylic acids is 1. The first-order valence-electron chi connectivity index (χ1n) is 7.09. The van der Waals surface area contributed by atoms with Gasteiger partial charge in [0.2, 0.25) is 5.91 Å². The molecule has 0 aromatic carbocycles. The van der Waals surface area contributed by atoms with Crippen LogP contribution >= 0.6 is 12.2 Å². The van der Waals surface area contributed by atoms with Gasteiger partial charge in [-0.2, -0.15) is 0 Å². The third-order valence-corrected chi connectivity index (χ3v) is 5.63. The van der Waals surface area contributed by atoms with Crippen LogP contribution in [0.5, 0.6) is 0 Å². The highest BCUT2D eigenvalue weighted by atomic mass is 32.1. The molecule has 0 atom stereocenters. The van der Waals surface area contributed by atoms with Gasteiger partial charge in [0.25, 0.3) is 0 Å². The van der Waals surface area contributed by atoms with Crippen LogP contribution < -0.4 is 5.73 Å². The largest absolute Gasteiger partial charge is 0.392 e. The van der Waals surface area contributed by atoms with Gasteiger partial charge in [0.05, 0.1) is 10.4 Å². The Morgan fingerprint density at radius 1 is 1.17 bits per heavy atom. The number of hydrogen-bond acceptors (Lipinski definition) is 2. The van der Waals surface area contributed by atoms with Crippen molar-refractivity contribution in [1.29, 1.82) is 0 Å². The van der Waals surface area contributed by atoms with E-state index in [4.69, 9.17) is 18.0 Å². The molecule has 1 amide bonds. The van der Waals surface area contributed by atoms with Gasteiger partial charge in [-0.3, -0.25) is 4.79 Å². The predicted molar refractivity (Wildman–Crippen MR) is 77.3 cm³/mol. The fraction of sp³-hybridized carbons (Fsp3) is 0.857. The Hall–Kier alpha value is -0.640. The lowest BCUT2D eigenvalue weighted by Crippen LogP contribution is -2.48. The van der Waals surface area contributed by atoms with Crippen molar-refractivity contribution in [2.45, 2.75) is 52.4 Å². The van der Waals surface area contributed by atoms with Crippen molar-refractivity contribution in [3.63, 3.8) is 0 Å². The number of carbonyl (C=O) groups is 1. The van der Waals surface area contributed by atoms with Gasteiger partial charge in [-0.25, -0.2) is 0 Å². The van der Waals surface area contributed by atoms with Crippen molar-refractivity contribution in [2.24, 2.45) is 16.6 Å². The minimum absolute atomic E-state index is 0.191. The van der Waals surface area contributed by atoms with Crippen LogP contribution in [0.3, 0.4) is 0 Å². The van der Waals surface area contributed by atoms with Crippen molar-refractivity contribution < 1.29 is 4.79 Å².